The molecule has 0 bridgehead atoms. The number of amidine groups is 1. The number of ether oxygens (including phenoxy) is 1. The van der Waals surface area contributed by atoms with Gasteiger partial charge >= 0.3 is 0 Å². The molecule has 2 aromatic carbocycles. The summed E-state index contributed by atoms with van der Waals surface area (Å²) in [6.07, 6.45) is 1.07. The van der Waals surface area contributed by atoms with Crippen molar-refractivity contribution in [2.45, 2.75) is 23.1 Å². The Labute approximate surface area is 171 Å². The summed E-state index contributed by atoms with van der Waals surface area (Å²) in [7, 11) is 0. The maximum absolute atomic E-state index is 9.99. The number of phenols is 1. The zero-order chi connectivity index (χ0) is 19.3. The number of rotatable bonds is 5. The summed E-state index contributed by atoms with van der Waals surface area (Å²) < 4.78 is 5.64. The third-order valence-corrected chi connectivity index (χ3v) is 6.21. The monoisotopic (exact) mass is 397 g/mol. The Morgan fingerprint density at radius 3 is 2.68 bits per heavy atom. The summed E-state index contributed by atoms with van der Waals surface area (Å²) in [5, 5.41) is 9.99. The van der Waals surface area contributed by atoms with Gasteiger partial charge in [-0.25, -0.2) is 4.99 Å². The molecule has 1 N–H and O–H groups in total. The van der Waals surface area contributed by atoms with E-state index in [0.717, 1.165) is 79.2 Å². The van der Waals surface area contributed by atoms with Gasteiger partial charge in [-0.05, 0) is 36.8 Å². The summed E-state index contributed by atoms with van der Waals surface area (Å²) >= 11 is 1.67. The van der Waals surface area contributed by atoms with E-state index < -0.39 is 0 Å². The molecule has 0 saturated carbocycles. The second-order valence-electron chi connectivity index (χ2n) is 7.13. The number of piperazine rings is 1. The number of hydrogen-bond acceptors (Lipinski definition) is 6. The van der Waals surface area contributed by atoms with Crippen molar-refractivity contribution in [2.24, 2.45) is 4.99 Å². The van der Waals surface area contributed by atoms with Gasteiger partial charge in [0.1, 0.15) is 11.6 Å². The second-order valence-corrected chi connectivity index (χ2v) is 8.21. The number of aromatic hydroxyl groups is 1. The van der Waals surface area contributed by atoms with Crippen molar-refractivity contribution < 1.29 is 9.84 Å². The van der Waals surface area contributed by atoms with Gasteiger partial charge in [-0.15, -0.1) is 0 Å². The van der Waals surface area contributed by atoms with E-state index in [-0.39, 0.29) is 0 Å². The zero-order valence-corrected chi connectivity index (χ0v) is 17.1. The van der Waals surface area contributed by atoms with Crippen LogP contribution in [0.15, 0.2) is 57.2 Å². The van der Waals surface area contributed by atoms with Crippen LogP contribution < -0.4 is 0 Å². The molecule has 0 amide bonds. The summed E-state index contributed by atoms with van der Waals surface area (Å²) in [5.74, 6) is 1.30. The molecular formula is C22H27N3O2S. The molecule has 1 fully saturated rings. The van der Waals surface area contributed by atoms with Crippen LogP contribution in [0.5, 0.6) is 5.75 Å². The van der Waals surface area contributed by atoms with Crippen LogP contribution in [0.4, 0.5) is 5.69 Å². The summed E-state index contributed by atoms with van der Waals surface area (Å²) in [6, 6.07) is 13.8. The van der Waals surface area contributed by atoms with Crippen LogP contribution in [-0.2, 0) is 4.74 Å². The van der Waals surface area contributed by atoms with E-state index in [2.05, 4.69) is 28.9 Å². The van der Waals surface area contributed by atoms with E-state index in [9.17, 15) is 5.11 Å². The molecule has 2 aliphatic heterocycles. The van der Waals surface area contributed by atoms with Gasteiger partial charge in [-0.1, -0.05) is 30.8 Å². The Morgan fingerprint density at radius 1 is 1.04 bits per heavy atom. The third-order valence-electron chi connectivity index (χ3n) is 5.09. The topological polar surface area (TPSA) is 48.3 Å². The maximum Gasteiger partial charge on any atom is 0.137 e. The summed E-state index contributed by atoms with van der Waals surface area (Å²) in [5.41, 5.74) is 2.09. The molecule has 0 atom stereocenters. The van der Waals surface area contributed by atoms with E-state index in [1.165, 1.54) is 0 Å². The van der Waals surface area contributed by atoms with Crippen LogP contribution in [0.1, 0.15) is 18.9 Å². The lowest BCUT2D eigenvalue weighted by atomic mass is 10.1. The molecule has 0 unspecified atom stereocenters. The van der Waals surface area contributed by atoms with Crippen molar-refractivity contribution in [2.75, 3.05) is 45.9 Å². The van der Waals surface area contributed by atoms with Crippen LogP contribution >= 0.6 is 11.8 Å². The van der Waals surface area contributed by atoms with Gasteiger partial charge < -0.3 is 14.7 Å². The molecule has 0 spiro atoms. The zero-order valence-electron chi connectivity index (χ0n) is 16.3. The first kappa shape index (κ1) is 19.3. The summed E-state index contributed by atoms with van der Waals surface area (Å²) in [4.78, 5) is 12.1. The molecule has 0 aromatic heterocycles. The van der Waals surface area contributed by atoms with E-state index >= 15 is 0 Å². The van der Waals surface area contributed by atoms with Crippen molar-refractivity contribution >= 4 is 23.3 Å². The molecule has 4 rings (SSSR count). The van der Waals surface area contributed by atoms with Gasteiger partial charge in [0.15, 0.2) is 0 Å². The van der Waals surface area contributed by atoms with Crippen molar-refractivity contribution in [1.29, 1.82) is 0 Å². The third kappa shape index (κ3) is 4.35. The first-order valence-corrected chi connectivity index (χ1v) is 10.8. The maximum atomic E-state index is 9.99. The van der Waals surface area contributed by atoms with Crippen molar-refractivity contribution in [3.63, 3.8) is 0 Å². The average molecular weight is 398 g/mol. The lowest BCUT2D eigenvalue weighted by molar-refractivity contribution is 0.0892. The van der Waals surface area contributed by atoms with Gasteiger partial charge in [0.2, 0.25) is 0 Å². The number of benzene rings is 2. The lowest BCUT2D eigenvalue weighted by Crippen LogP contribution is -2.49. The molecule has 1 saturated heterocycles. The Kier molecular flexibility index (Phi) is 6.20. The number of phenolic OH excluding ortho intramolecular Hbond substituents is 1. The van der Waals surface area contributed by atoms with Gasteiger partial charge in [-0.2, -0.15) is 0 Å². The van der Waals surface area contributed by atoms with E-state index in [0.29, 0.717) is 5.75 Å². The highest BCUT2D eigenvalue weighted by Crippen LogP contribution is 2.41. The first-order valence-electron chi connectivity index (χ1n) is 9.98. The SMILES string of the molecule is CCCOCCN1CCN(C2=Nc3ccccc3Sc3cc(O)ccc32)CC1. The van der Waals surface area contributed by atoms with Crippen LogP contribution in [0, 0.1) is 0 Å². The minimum Gasteiger partial charge on any atom is -0.508 e. The van der Waals surface area contributed by atoms with Gasteiger partial charge in [-0.3, -0.25) is 4.90 Å². The first-order chi connectivity index (χ1) is 13.7. The molecule has 2 aliphatic rings. The van der Waals surface area contributed by atoms with Gasteiger partial charge in [0.05, 0.1) is 12.3 Å². The standard InChI is InChI=1S/C22H27N3O2S/c1-2-14-27-15-13-24-9-11-25(12-10-24)22-18-8-7-17(26)16-21(18)28-20-6-4-3-5-19(20)23-22/h3-8,16,26H,2,9-15H2,1H3. The molecular weight excluding hydrogens is 370 g/mol. The minimum absolute atomic E-state index is 0.293. The summed E-state index contributed by atoms with van der Waals surface area (Å²) in [6.45, 7) is 8.69. The number of aliphatic imine (C=N–C) groups is 1. The molecule has 0 aliphatic carbocycles. The number of para-hydroxylation sites is 1. The Hall–Kier alpha value is -2.02. The highest BCUT2D eigenvalue weighted by molar-refractivity contribution is 7.99. The molecule has 148 valence electrons. The fourth-order valence-corrected chi connectivity index (χ4v) is 4.62. The molecule has 6 heteroatoms. The molecule has 28 heavy (non-hydrogen) atoms. The van der Waals surface area contributed by atoms with Gasteiger partial charge in [0, 0.05) is 54.7 Å². The highest BCUT2D eigenvalue weighted by Gasteiger charge is 2.25. The van der Waals surface area contributed by atoms with E-state index in [1.54, 1.807) is 17.8 Å². The fourth-order valence-electron chi connectivity index (χ4n) is 3.57. The van der Waals surface area contributed by atoms with Gasteiger partial charge in [0.25, 0.3) is 0 Å². The highest BCUT2D eigenvalue weighted by atomic mass is 32.2. The number of hydrogen-bond donors (Lipinski definition) is 1. The van der Waals surface area contributed by atoms with Crippen molar-refractivity contribution in [3.8, 4) is 5.75 Å². The predicted octanol–water partition coefficient (Wildman–Crippen LogP) is 3.98. The molecule has 0 radical (unpaired) electrons. The quantitative estimate of drug-likeness (QED) is 0.774. The number of nitrogens with zero attached hydrogens (tertiary/aromatic N) is 3. The van der Waals surface area contributed by atoms with E-state index in [4.69, 9.17) is 9.73 Å². The van der Waals surface area contributed by atoms with Crippen LogP contribution in [0.25, 0.3) is 0 Å². The van der Waals surface area contributed by atoms with Crippen LogP contribution in [0.2, 0.25) is 0 Å². The average Bonchev–Trinajstić information content (AvgIpc) is 2.88. The second kappa shape index (κ2) is 8.99. The minimum atomic E-state index is 0.293. The Morgan fingerprint density at radius 2 is 1.86 bits per heavy atom. The lowest BCUT2D eigenvalue weighted by Gasteiger charge is -2.36. The smallest absolute Gasteiger partial charge is 0.137 e. The normalized spacial score (nSPS) is 16.9. The molecule has 2 heterocycles. The van der Waals surface area contributed by atoms with Crippen molar-refractivity contribution in [1.82, 2.24) is 9.80 Å². The number of fused-ring (bicyclic) bond motifs is 2. The van der Waals surface area contributed by atoms with Crippen LogP contribution in [0.3, 0.4) is 0 Å². The molecule has 5 nitrogen and oxygen atoms in total. The van der Waals surface area contributed by atoms with E-state index in [1.807, 2.05) is 24.3 Å². The van der Waals surface area contributed by atoms with Crippen LogP contribution in [-0.4, -0.2) is 66.7 Å². The predicted molar refractivity (Wildman–Crippen MR) is 114 cm³/mol. The molecule has 2 aromatic rings. The Balaban J connectivity index is 1.53. The largest absolute Gasteiger partial charge is 0.508 e. The Bertz CT molecular complexity index is 847. The fraction of sp³-hybridized carbons (Fsp3) is 0.409. The van der Waals surface area contributed by atoms with Crippen molar-refractivity contribution in [3.05, 3.63) is 48.0 Å².